The molecule has 2 aliphatic heterocycles. The largest absolute Gasteiger partial charge is 0.441 e. The van der Waals surface area contributed by atoms with Gasteiger partial charge in [0, 0.05) is 35.2 Å². The molecule has 0 radical (unpaired) electrons. The normalized spacial score (nSPS) is 18.9. The van der Waals surface area contributed by atoms with Crippen molar-refractivity contribution in [2.24, 2.45) is 5.73 Å². The molecule has 1 atom stereocenters. The lowest BCUT2D eigenvalue weighted by atomic mass is 9.79. The van der Waals surface area contributed by atoms with Crippen LogP contribution in [-0.2, 0) is 4.74 Å². The van der Waals surface area contributed by atoms with Crippen molar-refractivity contribution in [3.63, 3.8) is 0 Å². The van der Waals surface area contributed by atoms with E-state index in [9.17, 15) is 8.78 Å². The molecule has 0 fully saturated rings. The molecule has 0 amide bonds. The number of aromatic nitrogens is 2. The van der Waals surface area contributed by atoms with Crippen LogP contribution >= 0.6 is 11.6 Å². The zero-order chi connectivity index (χ0) is 27.1. The SMILES string of the molecule is CN1CC2=C(OC(N)=C(c3nc(-c4ccc(Cl)cc4)no3)[C@@H]2c2cccc(F)c2)/C(=C/c2cccc(F)c2)C1. The van der Waals surface area contributed by atoms with Crippen molar-refractivity contribution in [1.82, 2.24) is 15.0 Å². The van der Waals surface area contributed by atoms with Crippen LogP contribution in [0.25, 0.3) is 23.0 Å². The van der Waals surface area contributed by atoms with Crippen LogP contribution in [0.1, 0.15) is 22.9 Å². The first kappa shape index (κ1) is 25.0. The highest BCUT2D eigenvalue weighted by molar-refractivity contribution is 6.30. The van der Waals surface area contributed by atoms with E-state index in [0.717, 1.165) is 11.1 Å². The molecule has 4 aromatic rings. The van der Waals surface area contributed by atoms with Gasteiger partial charge in [0.05, 0.1) is 5.57 Å². The molecule has 1 aromatic heterocycles. The number of likely N-dealkylation sites (N-methyl/N-ethyl adjacent to an activating group) is 1. The Bertz CT molecular complexity index is 1660. The van der Waals surface area contributed by atoms with Crippen LogP contribution in [0.5, 0.6) is 0 Å². The van der Waals surface area contributed by atoms with Crippen LogP contribution in [0, 0.1) is 11.6 Å². The van der Waals surface area contributed by atoms with Crippen LogP contribution in [-0.4, -0.2) is 35.2 Å². The number of ether oxygens (including phenoxy) is 1. The Morgan fingerprint density at radius 2 is 1.74 bits per heavy atom. The maximum atomic E-state index is 14.5. The van der Waals surface area contributed by atoms with Gasteiger partial charge in [-0.3, -0.25) is 4.90 Å². The molecular weight excluding hydrogens is 522 g/mol. The first-order chi connectivity index (χ1) is 18.9. The van der Waals surface area contributed by atoms with Gasteiger partial charge in [0.1, 0.15) is 17.4 Å². The van der Waals surface area contributed by atoms with Gasteiger partial charge in [-0.15, -0.1) is 0 Å². The number of hydrogen-bond acceptors (Lipinski definition) is 6. The minimum absolute atomic E-state index is 0.0732. The monoisotopic (exact) mass is 544 g/mol. The molecule has 0 spiro atoms. The third-order valence-corrected chi connectivity index (χ3v) is 6.96. The highest BCUT2D eigenvalue weighted by Gasteiger charge is 2.39. The topological polar surface area (TPSA) is 77.4 Å². The Kier molecular flexibility index (Phi) is 6.50. The highest BCUT2D eigenvalue weighted by Crippen LogP contribution is 2.47. The Balaban J connectivity index is 1.49. The number of halogens is 3. The van der Waals surface area contributed by atoms with Gasteiger partial charge >= 0.3 is 0 Å². The average molecular weight is 545 g/mol. The number of hydrogen-bond donors (Lipinski definition) is 1. The Morgan fingerprint density at radius 1 is 1.00 bits per heavy atom. The van der Waals surface area contributed by atoms with Gasteiger partial charge in [0.25, 0.3) is 5.89 Å². The molecule has 0 aliphatic carbocycles. The molecule has 9 heteroatoms. The van der Waals surface area contributed by atoms with Crippen molar-refractivity contribution in [2.75, 3.05) is 20.1 Å². The molecule has 0 unspecified atom stereocenters. The number of nitrogens with two attached hydrogens (primary N) is 1. The summed E-state index contributed by atoms with van der Waals surface area (Å²) in [5, 5.41) is 4.73. The van der Waals surface area contributed by atoms with Crippen molar-refractivity contribution < 1.29 is 18.0 Å². The minimum atomic E-state index is -0.526. The maximum absolute atomic E-state index is 14.5. The zero-order valence-electron chi connectivity index (χ0n) is 20.9. The van der Waals surface area contributed by atoms with E-state index in [4.69, 9.17) is 26.6 Å². The van der Waals surface area contributed by atoms with Gasteiger partial charge in [-0.2, -0.15) is 4.98 Å². The van der Waals surface area contributed by atoms with E-state index >= 15 is 0 Å². The summed E-state index contributed by atoms with van der Waals surface area (Å²) in [6, 6.07) is 19.7. The molecule has 6 rings (SSSR count). The van der Waals surface area contributed by atoms with Gasteiger partial charge in [-0.25, -0.2) is 8.78 Å². The van der Waals surface area contributed by atoms with Crippen molar-refractivity contribution in [3.8, 4) is 11.4 Å². The van der Waals surface area contributed by atoms with E-state index in [0.29, 0.717) is 52.0 Å². The second-order valence-electron chi connectivity index (χ2n) is 9.55. The fourth-order valence-corrected chi connectivity index (χ4v) is 5.19. The fraction of sp³-hybridized carbons (Fsp3) is 0.133. The number of allylic oxidation sites excluding steroid dienone is 1. The van der Waals surface area contributed by atoms with E-state index in [1.165, 1.54) is 24.3 Å². The average Bonchev–Trinajstić information content (AvgIpc) is 3.39. The second-order valence-corrected chi connectivity index (χ2v) is 9.99. The van der Waals surface area contributed by atoms with Crippen LogP contribution in [0.2, 0.25) is 5.02 Å². The molecule has 6 nitrogen and oxygen atoms in total. The van der Waals surface area contributed by atoms with Crippen molar-refractivity contribution in [2.45, 2.75) is 5.92 Å². The van der Waals surface area contributed by atoms with Crippen molar-refractivity contribution in [1.29, 1.82) is 0 Å². The van der Waals surface area contributed by atoms with E-state index in [-0.39, 0.29) is 23.4 Å². The summed E-state index contributed by atoms with van der Waals surface area (Å²) in [6.45, 7) is 1.07. The predicted molar refractivity (Wildman–Crippen MR) is 145 cm³/mol. The highest BCUT2D eigenvalue weighted by atomic mass is 35.5. The van der Waals surface area contributed by atoms with Crippen LogP contribution in [0.4, 0.5) is 8.78 Å². The maximum Gasteiger partial charge on any atom is 0.260 e. The lowest BCUT2D eigenvalue weighted by molar-refractivity contribution is 0.256. The first-order valence-electron chi connectivity index (χ1n) is 12.3. The third-order valence-electron chi connectivity index (χ3n) is 6.71. The van der Waals surface area contributed by atoms with Gasteiger partial charge < -0.3 is 15.0 Å². The third kappa shape index (κ3) is 4.96. The van der Waals surface area contributed by atoms with Crippen molar-refractivity contribution >= 4 is 23.3 Å². The van der Waals surface area contributed by atoms with Gasteiger partial charge in [0.2, 0.25) is 11.7 Å². The Morgan fingerprint density at radius 3 is 2.49 bits per heavy atom. The second kappa shape index (κ2) is 10.1. The van der Waals surface area contributed by atoms with Crippen LogP contribution < -0.4 is 5.73 Å². The first-order valence-corrected chi connectivity index (χ1v) is 12.6. The smallest absolute Gasteiger partial charge is 0.260 e. The molecule has 196 valence electrons. The summed E-state index contributed by atoms with van der Waals surface area (Å²) in [7, 11) is 1.97. The van der Waals surface area contributed by atoms with Gasteiger partial charge in [-0.05, 0) is 78.4 Å². The summed E-state index contributed by atoms with van der Waals surface area (Å²) in [5.41, 5.74) is 10.7. The van der Waals surface area contributed by atoms with E-state index in [2.05, 4.69) is 15.0 Å². The molecule has 2 N–H and O–H groups in total. The Hall–Kier alpha value is -4.27. The molecular formula is C30H23ClF2N4O2. The zero-order valence-corrected chi connectivity index (χ0v) is 21.6. The van der Waals surface area contributed by atoms with Gasteiger partial charge in [-0.1, -0.05) is 41.0 Å². The number of rotatable bonds is 4. The molecule has 39 heavy (non-hydrogen) atoms. The predicted octanol–water partition coefficient (Wildman–Crippen LogP) is 6.39. The summed E-state index contributed by atoms with van der Waals surface area (Å²) in [5.74, 6) is -0.0732. The number of benzene rings is 3. The summed E-state index contributed by atoms with van der Waals surface area (Å²) in [4.78, 5) is 6.71. The lowest BCUT2D eigenvalue weighted by Gasteiger charge is -2.37. The standard InChI is InChI=1S/C30H23ClF2N4O2/c1-37-15-20(12-17-4-2-6-22(32)13-17)27-24(16-37)25(19-5-3-7-23(33)14-19)26(28(34)38-27)30-35-29(36-39-30)18-8-10-21(31)11-9-18/h2-14,25H,15-16,34H2,1H3/b20-12+/t25-/m1/s1. The summed E-state index contributed by atoms with van der Waals surface area (Å²) >= 11 is 6.02. The lowest BCUT2D eigenvalue weighted by Crippen LogP contribution is -2.35. The molecule has 3 heterocycles. The molecule has 2 aliphatic rings. The fourth-order valence-electron chi connectivity index (χ4n) is 5.06. The van der Waals surface area contributed by atoms with Crippen LogP contribution in [0.3, 0.4) is 0 Å². The summed E-state index contributed by atoms with van der Waals surface area (Å²) < 4.78 is 40.3. The van der Waals surface area contributed by atoms with E-state index in [1.54, 1.807) is 36.4 Å². The molecule has 0 bridgehead atoms. The molecule has 0 saturated heterocycles. The van der Waals surface area contributed by atoms with E-state index in [1.807, 2.05) is 25.3 Å². The van der Waals surface area contributed by atoms with Gasteiger partial charge in [0.15, 0.2) is 0 Å². The quantitative estimate of drug-likeness (QED) is 0.321. The molecule has 3 aromatic carbocycles. The molecule has 0 saturated carbocycles. The van der Waals surface area contributed by atoms with E-state index < -0.39 is 5.92 Å². The Labute approximate surface area is 228 Å². The van der Waals surface area contributed by atoms with Crippen molar-refractivity contribution in [3.05, 3.63) is 129 Å². The van der Waals surface area contributed by atoms with Crippen LogP contribution in [0.15, 0.2) is 100 Å². The minimum Gasteiger partial charge on any atom is -0.441 e. The summed E-state index contributed by atoms with van der Waals surface area (Å²) in [6.07, 6.45) is 1.88. The number of nitrogens with zero attached hydrogens (tertiary/aromatic N) is 3.